The zero-order chi connectivity index (χ0) is 13.0. The van der Waals surface area contributed by atoms with Crippen LogP contribution in [-0.2, 0) is 6.42 Å². The van der Waals surface area contributed by atoms with Gasteiger partial charge in [0, 0.05) is 15.7 Å². The van der Waals surface area contributed by atoms with E-state index in [0.717, 1.165) is 34.4 Å². The van der Waals surface area contributed by atoms with Crippen LogP contribution in [0.1, 0.15) is 18.9 Å². The van der Waals surface area contributed by atoms with Crippen LogP contribution in [0.3, 0.4) is 0 Å². The van der Waals surface area contributed by atoms with Gasteiger partial charge in [-0.1, -0.05) is 35.3 Å². The van der Waals surface area contributed by atoms with Gasteiger partial charge in [0.25, 0.3) is 0 Å². The number of rotatable bonds is 4. The van der Waals surface area contributed by atoms with E-state index in [1.165, 1.54) is 6.33 Å². The Morgan fingerprint density at radius 3 is 2.89 bits per heavy atom. The molecule has 0 unspecified atom stereocenters. The molecule has 1 aromatic heterocycles. The van der Waals surface area contributed by atoms with Crippen molar-refractivity contribution in [3.05, 3.63) is 40.6 Å². The molecule has 0 aliphatic carbocycles. The molecule has 1 heterocycles. The lowest BCUT2D eigenvalue weighted by molar-refractivity contribution is 0.908. The molecule has 1 aromatic carbocycles. The third kappa shape index (κ3) is 2.98. The highest BCUT2D eigenvalue weighted by Gasteiger charge is 2.08. The van der Waals surface area contributed by atoms with Crippen LogP contribution in [-0.4, -0.2) is 9.97 Å². The normalized spacial score (nSPS) is 10.3. The number of nitrogens with two attached hydrogens (primary N) is 1. The topological polar surface area (TPSA) is 63.8 Å². The molecule has 0 bridgehead atoms. The van der Waals surface area contributed by atoms with E-state index in [1.807, 2.05) is 24.3 Å². The minimum absolute atomic E-state index is 0.546. The van der Waals surface area contributed by atoms with Crippen LogP contribution in [0.4, 0.5) is 17.3 Å². The molecule has 2 rings (SSSR count). The third-order valence-electron chi connectivity index (χ3n) is 2.57. The van der Waals surface area contributed by atoms with Crippen molar-refractivity contribution in [2.75, 3.05) is 11.1 Å². The number of halogens is 1. The molecule has 0 saturated heterocycles. The number of nitrogens with zero attached hydrogens (tertiary/aromatic N) is 2. The fourth-order valence-electron chi connectivity index (χ4n) is 1.73. The molecule has 0 radical (unpaired) electrons. The molecule has 2 aromatic rings. The average molecular weight is 307 g/mol. The number of anilines is 3. The summed E-state index contributed by atoms with van der Waals surface area (Å²) in [6.07, 6.45) is 3.35. The Balaban J connectivity index is 2.31. The number of nitrogen functional groups attached to an aromatic ring is 1. The predicted octanol–water partition coefficient (Wildman–Crippen LogP) is 3.52. The molecule has 0 aliphatic rings. The third-order valence-corrected chi connectivity index (χ3v) is 3.06. The summed E-state index contributed by atoms with van der Waals surface area (Å²) in [4.78, 5) is 8.30. The lowest BCUT2D eigenvalue weighted by Gasteiger charge is -2.11. The van der Waals surface area contributed by atoms with Gasteiger partial charge in [-0.2, -0.15) is 0 Å². The Hall–Kier alpha value is -1.62. The quantitative estimate of drug-likeness (QED) is 0.907. The second-order valence-electron chi connectivity index (χ2n) is 3.97. The molecule has 0 aliphatic heterocycles. The van der Waals surface area contributed by atoms with Gasteiger partial charge in [-0.3, -0.25) is 0 Å². The van der Waals surface area contributed by atoms with Gasteiger partial charge in [0.05, 0.1) is 0 Å². The van der Waals surface area contributed by atoms with E-state index in [2.05, 4.69) is 38.1 Å². The van der Waals surface area contributed by atoms with E-state index in [4.69, 9.17) is 5.73 Å². The van der Waals surface area contributed by atoms with Crippen molar-refractivity contribution in [3.63, 3.8) is 0 Å². The van der Waals surface area contributed by atoms with Gasteiger partial charge in [-0.25, -0.2) is 9.97 Å². The lowest BCUT2D eigenvalue weighted by Crippen LogP contribution is -2.05. The molecule has 94 valence electrons. The highest BCUT2D eigenvalue weighted by atomic mass is 79.9. The maximum atomic E-state index is 5.89. The molecule has 18 heavy (non-hydrogen) atoms. The first-order valence-corrected chi connectivity index (χ1v) is 6.62. The highest BCUT2D eigenvalue weighted by Crippen LogP contribution is 2.24. The first kappa shape index (κ1) is 12.8. The first-order chi connectivity index (χ1) is 8.70. The molecule has 0 fully saturated rings. The van der Waals surface area contributed by atoms with Crippen LogP contribution in [0.2, 0.25) is 0 Å². The second-order valence-corrected chi connectivity index (χ2v) is 4.89. The lowest BCUT2D eigenvalue weighted by atomic mass is 10.1. The van der Waals surface area contributed by atoms with Crippen LogP contribution in [0, 0.1) is 0 Å². The largest absolute Gasteiger partial charge is 0.383 e. The smallest absolute Gasteiger partial charge is 0.139 e. The molecule has 0 saturated carbocycles. The predicted molar refractivity (Wildman–Crippen MR) is 77.9 cm³/mol. The fraction of sp³-hybridized carbons (Fsp3) is 0.231. The SMILES string of the molecule is CCCc1c(N)ncnc1Nc1cccc(Br)c1. The van der Waals surface area contributed by atoms with Crippen molar-refractivity contribution in [3.8, 4) is 0 Å². The standard InChI is InChI=1S/C13H15BrN4/c1-2-4-11-12(15)16-8-17-13(11)18-10-6-3-5-9(14)7-10/h3,5-8H,2,4H2,1H3,(H3,15,16,17,18). The van der Waals surface area contributed by atoms with Gasteiger partial charge in [0.15, 0.2) is 0 Å². The average Bonchev–Trinajstić information content (AvgIpc) is 2.34. The summed E-state index contributed by atoms with van der Waals surface area (Å²) in [5.74, 6) is 1.33. The number of hydrogen-bond donors (Lipinski definition) is 2. The van der Waals surface area contributed by atoms with E-state index < -0.39 is 0 Å². The Morgan fingerprint density at radius 1 is 1.33 bits per heavy atom. The summed E-state index contributed by atoms with van der Waals surface area (Å²) < 4.78 is 1.02. The Morgan fingerprint density at radius 2 is 2.17 bits per heavy atom. The second kappa shape index (κ2) is 5.82. The summed E-state index contributed by atoms with van der Waals surface area (Å²) in [6, 6.07) is 7.93. The first-order valence-electron chi connectivity index (χ1n) is 5.82. The van der Waals surface area contributed by atoms with Crippen molar-refractivity contribution in [1.82, 2.24) is 9.97 Å². The molecule has 3 N–H and O–H groups in total. The Labute approximate surface area is 115 Å². The number of aromatic nitrogens is 2. The van der Waals surface area contributed by atoms with E-state index in [-0.39, 0.29) is 0 Å². The fourth-order valence-corrected chi connectivity index (χ4v) is 2.13. The molecule has 0 atom stereocenters. The number of benzene rings is 1. The summed E-state index contributed by atoms with van der Waals surface area (Å²) >= 11 is 3.44. The van der Waals surface area contributed by atoms with Gasteiger partial charge < -0.3 is 11.1 Å². The summed E-state index contributed by atoms with van der Waals surface area (Å²) in [7, 11) is 0. The van der Waals surface area contributed by atoms with E-state index >= 15 is 0 Å². The van der Waals surface area contributed by atoms with Crippen molar-refractivity contribution in [2.45, 2.75) is 19.8 Å². The monoisotopic (exact) mass is 306 g/mol. The van der Waals surface area contributed by atoms with Crippen molar-refractivity contribution in [1.29, 1.82) is 0 Å². The minimum atomic E-state index is 0.546. The molecular weight excluding hydrogens is 292 g/mol. The van der Waals surface area contributed by atoms with E-state index in [9.17, 15) is 0 Å². The van der Waals surface area contributed by atoms with E-state index in [1.54, 1.807) is 0 Å². The molecule has 5 heteroatoms. The summed E-state index contributed by atoms with van der Waals surface area (Å²) in [5.41, 5.74) is 7.83. The van der Waals surface area contributed by atoms with Gasteiger partial charge in [0.2, 0.25) is 0 Å². The highest BCUT2D eigenvalue weighted by molar-refractivity contribution is 9.10. The van der Waals surface area contributed by atoms with E-state index in [0.29, 0.717) is 5.82 Å². The zero-order valence-electron chi connectivity index (χ0n) is 10.2. The van der Waals surface area contributed by atoms with Gasteiger partial charge in [-0.05, 0) is 24.6 Å². The van der Waals surface area contributed by atoms with Crippen molar-refractivity contribution < 1.29 is 0 Å². The van der Waals surface area contributed by atoms with Crippen LogP contribution in [0.25, 0.3) is 0 Å². The van der Waals surface area contributed by atoms with Gasteiger partial charge in [0.1, 0.15) is 18.0 Å². The summed E-state index contributed by atoms with van der Waals surface area (Å²) in [5, 5.41) is 3.28. The molecule has 4 nitrogen and oxygen atoms in total. The minimum Gasteiger partial charge on any atom is -0.383 e. The van der Waals surface area contributed by atoms with Crippen LogP contribution < -0.4 is 11.1 Å². The maximum Gasteiger partial charge on any atom is 0.139 e. The maximum absolute atomic E-state index is 5.89. The Kier molecular flexibility index (Phi) is 4.15. The van der Waals surface area contributed by atoms with Gasteiger partial charge in [-0.15, -0.1) is 0 Å². The molecular formula is C13H15BrN4. The van der Waals surface area contributed by atoms with Gasteiger partial charge >= 0.3 is 0 Å². The van der Waals surface area contributed by atoms with Crippen LogP contribution >= 0.6 is 15.9 Å². The Bertz CT molecular complexity index is 542. The number of hydrogen-bond acceptors (Lipinski definition) is 4. The van der Waals surface area contributed by atoms with Crippen molar-refractivity contribution in [2.24, 2.45) is 0 Å². The van der Waals surface area contributed by atoms with Crippen molar-refractivity contribution >= 4 is 33.3 Å². The van der Waals surface area contributed by atoms with Crippen LogP contribution in [0.15, 0.2) is 35.1 Å². The van der Waals surface area contributed by atoms with Crippen LogP contribution in [0.5, 0.6) is 0 Å². The molecule has 0 amide bonds. The summed E-state index contributed by atoms with van der Waals surface area (Å²) in [6.45, 7) is 2.11. The number of nitrogens with one attached hydrogen (secondary N) is 1. The zero-order valence-corrected chi connectivity index (χ0v) is 11.7. The molecule has 0 spiro atoms.